The summed E-state index contributed by atoms with van der Waals surface area (Å²) in [6, 6.07) is 7.15. The van der Waals surface area contributed by atoms with Gasteiger partial charge in [0.15, 0.2) is 9.84 Å². The highest BCUT2D eigenvalue weighted by Crippen LogP contribution is 2.22. The first kappa shape index (κ1) is 27.0. The first-order valence-electron chi connectivity index (χ1n) is 11.0. The Morgan fingerprint density at radius 1 is 1.18 bits per heavy atom. The minimum Gasteiger partial charge on any atom is -0.396 e. The van der Waals surface area contributed by atoms with Crippen LogP contribution < -0.4 is 11.2 Å². The van der Waals surface area contributed by atoms with Crippen LogP contribution in [0.4, 0.5) is 5.82 Å². The molecule has 2 rings (SSSR count). The number of benzene rings is 1. The van der Waals surface area contributed by atoms with Crippen molar-refractivity contribution < 1.29 is 13.5 Å². The summed E-state index contributed by atoms with van der Waals surface area (Å²) in [6.07, 6.45) is 1.85. The first-order valence-corrected chi connectivity index (χ1v) is 13.0. The van der Waals surface area contributed by atoms with Gasteiger partial charge in [0.25, 0.3) is 5.56 Å². The topological polar surface area (TPSA) is 111 Å². The Morgan fingerprint density at radius 3 is 2.39 bits per heavy atom. The van der Waals surface area contributed by atoms with Crippen LogP contribution in [-0.4, -0.2) is 40.1 Å². The molecule has 33 heavy (non-hydrogen) atoms. The largest absolute Gasteiger partial charge is 0.396 e. The second kappa shape index (κ2) is 11.8. The van der Waals surface area contributed by atoms with Crippen molar-refractivity contribution in [2.45, 2.75) is 53.0 Å². The average Bonchev–Trinajstić information content (AvgIpc) is 2.77. The molecular formula is C23H32ClN3O5S. The van der Waals surface area contributed by atoms with E-state index >= 15 is 0 Å². The van der Waals surface area contributed by atoms with Gasteiger partial charge in [-0.2, -0.15) is 0 Å². The van der Waals surface area contributed by atoms with E-state index in [1.54, 1.807) is 19.1 Å². The Morgan fingerprint density at radius 2 is 1.82 bits per heavy atom. The number of aliphatic imine (C=N–C) groups is 1. The van der Waals surface area contributed by atoms with Gasteiger partial charge in [0, 0.05) is 31.1 Å². The van der Waals surface area contributed by atoms with Crippen LogP contribution in [0, 0.1) is 12.8 Å². The normalized spacial score (nSPS) is 13.3. The van der Waals surface area contributed by atoms with Crippen LogP contribution in [0.25, 0.3) is 0 Å². The molecular weight excluding hydrogens is 466 g/mol. The summed E-state index contributed by atoms with van der Waals surface area (Å²) in [5.74, 6) is -0.518. The van der Waals surface area contributed by atoms with Crippen LogP contribution in [0.2, 0.25) is 5.02 Å². The van der Waals surface area contributed by atoms with E-state index in [4.69, 9.17) is 16.7 Å². The molecule has 0 saturated carbocycles. The molecule has 0 bridgehead atoms. The number of unbranched alkanes of at least 4 members (excludes halogenated alkanes) is 1. The van der Waals surface area contributed by atoms with E-state index in [1.807, 2.05) is 19.1 Å². The molecule has 0 radical (unpaired) electrons. The van der Waals surface area contributed by atoms with E-state index in [2.05, 4.69) is 4.99 Å². The molecule has 1 N–H and O–H groups in total. The first-order chi connectivity index (χ1) is 15.5. The standard InChI is InChI=1S/C23H32ClN3O5S/c1-5-6-14-33(31,32)21(16(2)15-18-8-10-19(24)11-9-18)25-20-17(3)22(29)27(12-7-13-28)23(30)26(20)4/h8-11,16,28H,5-7,12-15H2,1-4H3. The number of sulfone groups is 1. The molecule has 0 fully saturated rings. The summed E-state index contributed by atoms with van der Waals surface area (Å²) in [7, 11) is -2.27. The second-order valence-electron chi connectivity index (χ2n) is 8.18. The zero-order valence-electron chi connectivity index (χ0n) is 19.5. The molecule has 0 aliphatic rings. The molecule has 0 spiro atoms. The van der Waals surface area contributed by atoms with Crippen LogP contribution in [0.15, 0.2) is 38.8 Å². The molecule has 10 heteroatoms. The van der Waals surface area contributed by atoms with E-state index in [1.165, 1.54) is 18.5 Å². The van der Waals surface area contributed by atoms with Crippen molar-refractivity contribution in [2.24, 2.45) is 18.0 Å². The Bertz CT molecular complexity index is 1180. The summed E-state index contributed by atoms with van der Waals surface area (Å²) in [5, 5.41) is 9.60. The lowest BCUT2D eigenvalue weighted by Crippen LogP contribution is -2.40. The number of hydrogen-bond acceptors (Lipinski definition) is 6. The Balaban J connectivity index is 2.64. The predicted molar refractivity (Wildman–Crippen MR) is 132 cm³/mol. The van der Waals surface area contributed by atoms with E-state index in [0.29, 0.717) is 24.3 Å². The van der Waals surface area contributed by atoms with Crippen molar-refractivity contribution in [3.63, 3.8) is 0 Å². The summed E-state index contributed by atoms with van der Waals surface area (Å²) < 4.78 is 28.7. The minimum atomic E-state index is -3.73. The Kier molecular flexibility index (Phi) is 9.63. The summed E-state index contributed by atoms with van der Waals surface area (Å²) >= 11 is 5.96. The lowest BCUT2D eigenvalue weighted by molar-refractivity contribution is 0.277. The number of nitrogens with zero attached hydrogens (tertiary/aromatic N) is 3. The Hall–Kier alpha value is -2.23. The van der Waals surface area contributed by atoms with Crippen molar-refractivity contribution in [3.05, 3.63) is 61.3 Å². The molecule has 1 unspecified atom stereocenters. The van der Waals surface area contributed by atoms with Crippen molar-refractivity contribution in [1.29, 1.82) is 0 Å². The van der Waals surface area contributed by atoms with E-state index in [0.717, 1.165) is 10.1 Å². The van der Waals surface area contributed by atoms with Gasteiger partial charge in [-0.05, 0) is 43.9 Å². The van der Waals surface area contributed by atoms with Crippen LogP contribution in [0.5, 0.6) is 0 Å². The van der Waals surface area contributed by atoms with Gasteiger partial charge >= 0.3 is 5.69 Å². The van der Waals surface area contributed by atoms with Crippen molar-refractivity contribution in [2.75, 3.05) is 12.4 Å². The zero-order chi connectivity index (χ0) is 24.8. The molecule has 2 aromatic rings. The average molecular weight is 498 g/mol. The zero-order valence-corrected chi connectivity index (χ0v) is 21.1. The maximum atomic E-state index is 13.2. The van der Waals surface area contributed by atoms with Crippen LogP contribution in [0.1, 0.15) is 44.2 Å². The summed E-state index contributed by atoms with van der Waals surface area (Å²) in [4.78, 5) is 30.0. The third kappa shape index (κ3) is 6.65. The maximum Gasteiger partial charge on any atom is 0.332 e. The molecule has 1 heterocycles. The van der Waals surface area contributed by atoms with Gasteiger partial charge in [0.05, 0.1) is 11.3 Å². The van der Waals surface area contributed by atoms with Gasteiger partial charge < -0.3 is 5.11 Å². The molecule has 0 saturated heterocycles. The smallest absolute Gasteiger partial charge is 0.332 e. The molecule has 0 aliphatic heterocycles. The number of rotatable bonds is 10. The number of aromatic nitrogens is 2. The monoisotopic (exact) mass is 497 g/mol. The SMILES string of the molecule is CCCCS(=O)(=O)C(=Nc1c(C)c(=O)n(CCCO)c(=O)n1C)C(C)Cc1ccc(Cl)cc1. The van der Waals surface area contributed by atoms with Crippen molar-refractivity contribution >= 4 is 32.3 Å². The molecule has 1 aromatic carbocycles. The Labute approximate surface area is 199 Å². The maximum absolute atomic E-state index is 13.2. The molecule has 1 atom stereocenters. The molecule has 8 nitrogen and oxygen atoms in total. The summed E-state index contributed by atoms with van der Waals surface area (Å²) in [5.41, 5.74) is -0.0679. The van der Waals surface area contributed by atoms with Gasteiger partial charge in [-0.15, -0.1) is 0 Å². The quantitative estimate of drug-likeness (QED) is 0.400. The summed E-state index contributed by atoms with van der Waals surface area (Å²) in [6.45, 7) is 5.12. The number of halogens is 1. The molecule has 1 aromatic heterocycles. The minimum absolute atomic E-state index is 0.0308. The lowest BCUT2D eigenvalue weighted by atomic mass is 10.0. The fourth-order valence-electron chi connectivity index (χ4n) is 3.58. The predicted octanol–water partition coefficient (Wildman–Crippen LogP) is 3.01. The third-order valence-electron chi connectivity index (χ3n) is 5.45. The van der Waals surface area contributed by atoms with Crippen molar-refractivity contribution in [1.82, 2.24) is 9.13 Å². The van der Waals surface area contributed by atoms with E-state index < -0.39 is 27.0 Å². The number of aliphatic hydroxyl groups is 1. The highest BCUT2D eigenvalue weighted by Gasteiger charge is 2.27. The van der Waals surface area contributed by atoms with Crippen LogP contribution in [-0.2, 0) is 29.9 Å². The molecule has 0 aliphatic carbocycles. The van der Waals surface area contributed by atoms with E-state index in [9.17, 15) is 18.0 Å². The number of hydrogen-bond donors (Lipinski definition) is 1. The highest BCUT2D eigenvalue weighted by atomic mass is 35.5. The van der Waals surface area contributed by atoms with Gasteiger partial charge in [-0.3, -0.25) is 13.9 Å². The van der Waals surface area contributed by atoms with E-state index in [-0.39, 0.29) is 41.8 Å². The van der Waals surface area contributed by atoms with Gasteiger partial charge in [0.1, 0.15) is 10.9 Å². The second-order valence-corrected chi connectivity index (χ2v) is 10.7. The third-order valence-corrected chi connectivity index (χ3v) is 7.66. The van der Waals surface area contributed by atoms with Gasteiger partial charge in [-0.25, -0.2) is 18.2 Å². The number of aliphatic hydroxyl groups excluding tert-OH is 1. The molecule has 182 valence electrons. The molecule has 0 amide bonds. The van der Waals surface area contributed by atoms with Crippen LogP contribution in [0.3, 0.4) is 0 Å². The van der Waals surface area contributed by atoms with Crippen molar-refractivity contribution in [3.8, 4) is 0 Å². The van der Waals surface area contributed by atoms with Gasteiger partial charge in [0.2, 0.25) is 0 Å². The fourth-order valence-corrected chi connectivity index (χ4v) is 5.51. The highest BCUT2D eigenvalue weighted by molar-refractivity contribution is 8.06. The lowest BCUT2D eigenvalue weighted by Gasteiger charge is -2.18. The fraction of sp³-hybridized carbons (Fsp3) is 0.522. The van der Waals surface area contributed by atoms with Crippen LogP contribution >= 0.6 is 11.6 Å². The van der Waals surface area contributed by atoms with Gasteiger partial charge in [-0.1, -0.05) is 44.0 Å².